The molecule has 0 bridgehead atoms. The Kier molecular flexibility index (Phi) is 2.06. The van der Waals surface area contributed by atoms with Gasteiger partial charge >= 0.3 is 0 Å². The van der Waals surface area contributed by atoms with E-state index in [1.54, 1.807) is 12.1 Å². The molecule has 0 spiro atoms. The predicted molar refractivity (Wildman–Crippen MR) is 51.4 cm³/mol. The van der Waals surface area contributed by atoms with Crippen molar-refractivity contribution in [1.82, 2.24) is 4.98 Å². The van der Waals surface area contributed by atoms with E-state index in [1.165, 1.54) is 18.3 Å². The van der Waals surface area contributed by atoms with Gasteiger partial charge in [-0.25, -0.2) is 9.37 Å². The molecule has 0 aliphatic heterocycles. The third-order valence-electron chi connectivity index (χ3n) is 1.95. The lowest BCUT2D eigenvalue weighted by atomic mass is 10.1. The number of halogens is 2. The molecule has 68 valence electrons. The van der Waals surface area contributed by atoms with Crippen LogP contribution in [0.15, 0.2) is 24.4 Å². The summed E-state index contributed by atoms with van der Waals surface area (Å²) in [5, 5.41) is 9.69. The van der Waals surface area contributed by atoms with Gasteiger partial charge in [0.25, 0.3) is 0 Å². The van der Waals surface area contributed by atoms with Crippen LogP contribution in [-0.4, -0.2) is 4.98 Å². The fraction of sp³-hybridized carbons (Fsp3) is 0. The van der Waals surface area contributed by atoms with Crippen molar-refractivity contribution in [2.45, 2.75) is 0 Å². The number of nitrogens with zero attached hydrogens (tertiary/aromatic N) is 2. The van der Waals surface area contributed by atoms with Crippen LogP contribution in [0.2, 0.25) is 5.15 Å². The molecule has 1 heterocycles. The molecule has 1 aromatic carbocycles. The Balaban J connectivity index is 2.92. The number of pyridine rings is 1. The zero-order valence-corrected chi connectivity index (χ0v) is 7.72. The molecule has 14 heavy (non-hydrogen) atoms. The summed E-state index contributed by atoms with van der Waals surface area (Å²) >= 11 is 5.76. The van der Waals surface area contributed by atoms with Crippen LogP contribution >= 0.6 is 11.6 Å². The Bertz CT molecular complexity index is 546. The maximum absolute atomic E-state index is 13.5. The summed E-state index contributed by atoms with van der Waals surface area (Å²) in [5.74, 6) is -0.547. The highest BCUT2D eigenvalue weighted by Crippen LogP contribution is 2.24. The largest absolute Gasteiger partial charge is 0.244 e. The van der Waals surface area contributed by atoms with Crippen LogP contribution < -0.4 is 0 Å². The topological polar surface area (TPSA) is 36.7 Å². The van der Waals surface area contributed by atoms with E-state index in [0.717, 1.165) is 0 Å². The summed E-state index contributed by atoms with van der Waals surface area (Å²) in [7, 11) is 0. The first-order valence-electron chi connectivity index (χ1n) is 3.87. The monoisotopic (exact) mass is 206 g/mol. The van der Waals surface area contributed by atoms with Crippen LogP contribution in [0.1, 0.15) is 5.56 Å². The van der Waals surface area contributed by atoms with E-state index in [-0.39, 0.29) is 10.7 Å². The normalized spacial score (nSPS) is 10.1. The molecule has 2 rings (SSSR count). The van der Waals surface area contributed by atoms with Crippen molar-refractivity contribution in [1.29, 1.82) is 5.26 Å². The summed E-state index contributed by atoms with van der Waals surface area (Å²) in [6, 6.07) is 6.25. The minimum atomic E-state index is -0.547. The van der Waals surface area contributed by atoms with E-state index in [4.69, 9.17) is 16.9 Å². The van der Waals surface area contributed by atoms with Crippen molar-refractivity contribution in [3.63, 3.8) is 0 Å². The molecule has 0 aliphatic carbocycles. The summed E-state index contributed by atoms with van der Waals surface area (Å²) in [4.78, 5) is 3.82. The molecule has 0 amide bonds. The molecule has 4 heteroatoms. The second kappa shape index (κ2) is 3.24. The minimum Gasteiger partial charge on any atom is -0.244 e. The second-order valence-corrected chi connectivity index (χ2v) is 3.09. The highest BCUT2D eigenvalue weighted by atomic mass is 35.5. The van der Waals surface area contributed by atoms with Gasteiger partial charge in [-0.3, -0.25) is 0 Å². The number of hydrogen-bond donors (Lipinski definition) is 0. The SMILES string of the molecule is N#Cc1ccc2c(Cl)nccc2c1F. The molecule has 0 unspecified atom stereocenters. The van der Waals surface area contributed by atoms with Crippen LogP contribution in [0.5, 0.6) is 0 Å². The molecule has 2 aromatic rings. The van der Waals surface area contributed by atoms with E-state index < -0.39 is 5.82 Å². The van der Waals surface area contributed by atoms with E-state index in [9.17, 15) is 4.39 Å². The van der Waals surface area contributed by atoms with Crippen molar-refractivity contribution in [2.75, 3.05) is 0 Å². The van der Waals surface area contributed by atoms with Gasteiger partial charge in [0.2, 0.25) is 0 Å². The smallest absolute Gasteiger partial charge is 0.148 e. The number of fused-ring (bicyclic) bond motifs is 1. The third-order valence-corrected chi connectivity index (χ3v) is 2.25. The zero-order valence-electron chi connectivity index (χ0n) is 6.96. The summed E-state index contributed by atoms with van der Waals surface area (Å²) in [6.07, 6.45) is 1.41. The van der Waals surface area contributed by atoms with Crippen LogP contribution in [0.25, 0.3) is 10.8 Å². The highest BCUT2D eigenvalue weighted by molar-refractivity contribution is 6.34. The van der Waals surface area contributed by atoms with Gasteiger partial charge in [-0.2, -0.15) is 5.26 Å². The maximum atomic E-state index is 13.5. The first-order valence-corrected chi connectivity index (χ1v) is 4.24. The van der Waals surface area contributed by atoms with Crippen molar-refractivity contribution >= 4 is 22.4 Å². The molecular weight excluding hydrogens is 203 g/mol. The number of rotatable bonds is 0. The Labute approximate surface area is 84.6 Å². The van der Waals surface area contributed by atoms with Gasteiger partial charge in [0.1, 0.15) is 17.0 Å². The van der Waals surface area contributed by atoms with E-state index in [0.29, 0.717) is 10.8 Å². The minimum absolute atomic E-state index is 0.0137. The quantitative estimate of drug-likeness (QED) is 0.622. The van der Waals surface area contributed by atoms with Gasteiger partial charge in [-0.15, -0.1) is 0 Å². The van der Waals surface area contributed by atoms with Crippen molar-refractivity contribution in [3.8, 4) is 6.07 Å². The first kappa shape index (κ1) is 8.92. The van der Waals surface area contributed by atoms with Crippen LogP contribution in [0.4, 0.5) is 4.39 Å². The number of nitriles is 1. The molecule has 0 saturated heterocycles. The molecule has 2 nitrogen and oxygen atoms in total. The molecule has 0 N–H and O–H groups in total. The fourth-order valence-electron chi connectivity index (χ4n) is 1.27. The average molecular weight is 207 g/mol. The molecule has 0 radical (unpaired) electrons. The van der Waals surface area contributed by atoms with Gasteiger partial charge in [-0.1, -0.05) is 11.6 Å². The van der Waals surface area contributed by atoms with Crippen LogP contribution in [0, 0.1) is 17.1 Å². The van der Waals surface area contributed by atoms with Gasteiger partial charge in [-0.05, 0) is 18.2 Å². The van der Waals surface area contributed by atoms with Crippen LogP contribution in [-0.2, 0) is 0 Å². The summed E-state index contributed by atoms with van der Waals surface area (Å²) in [6.45, 7) is 0. The Morgan fingerprint density at radius 3 is 2.79 bits per heavy atom. The molecule has 0 atom stereocenters. The van der Waals surface area contributed by atoms with Crippen molar-refractivity contribution in [2.24, 2.45) is 0 Å². The van der Waals surface area contributed by atoms with Crippen molar-refractivity contribution in [3.05, 3.63) is 40.9 Å². The number of hydrogen-bond acceptors (Lipinski definition) is 2. The fourth-order valence-corrected chi connectivity index (χ4v) is 1.49. The highest BCUT2D eigenvalue weighted by Gasteiger charge is 2.08. The third kappa shape index (κ3) is 1.21. The lowest BCUT2D eigenvalue weighted by molar-refractivity contribution is 0.636. The molecule has 1 aromatic heterocycles. The Morgan fingerprint density at radius 2 is 2.07 bits per heavy atom. The molecule has 0 fully saturated rings. The van der Waals surface area contributed by atoms with Gasteiger partial charge in [0, 0.05) is 17.0 Å². The first-order chi connectivity index (χ1) is 6.74. The lowest BCUT2D eigenvalue weighted by Gasteiger charge is -2.01. The zero-order chi connectivity index (χ0) is 10.1. The summed E-state index contributed by atoms with van der Waals surface area (Å²) in [5.41, 5.74) is 0.0137. The molecule has 0 saturated carbocycles. The summed E-state index contributed by atoms with van der Waals surface area (Å²) < 4.78 is 13.5. The van der Waals surface area contributed by atoms with E-state index >= 15 is 0 Å². The molecular formula is C10H4ClFN2. The number of aromatic nitrogens is 1. The number of benzene rings is 1. The standard InChI is InChI=1S/C10H4ClFN2/c11-10-8-2-1-6(5-13)9(12)7(8)3-4-14-10/h1-4H. The predicted octanol–water partition coefficient (Wildman–Crippen LogP) is 2.90. The van der Waals surface area contributed by atoms with E-state index in [2.05, 4.69) is 4.98 Å². The average Bonchev–Trinajstić information content (AvgIpc) is 2.20. The van der Waals surface area contributed by atoms with Gasteiger partial charge in [0.05, 0.1) is 5.56 Å². The maximum Gasteiger partial charge on any atom is 0.148 e. The Morgan fingerprint density at radius 1 is 1.29 bits per heavy atom. The molecule has 0 aliphatic rings. The second-order valence-electron chi connectivity index (χ2n) is 2.74. The van der Waals surface area contributed by atoms with Crippen molar-refractivity contribution < 1.29 is 4.39 Å². The van der Waals surface area contributed by atoms with Gasteiger partial charge in [0.15, 0.2) is 0 Å². The Hall–Kier alpha value is -1.66. The van der Waals surface area contributed by atoms with Crippen LogP contribution in [0.3, 0.4) is 0 Å². The van der Waals surface area contributed by atoms with E-state index in [1.807, 2.05) is 0 Å². The lowest BCUT2D eigenvalue weighted by Crippen LogP contribution is -1.87. The van der Waals surface area contributed by atoms with Gasteiger partial charge < -0.3 is 0 Å².